The van der Waals surface area contributed by atoms with Crippen LogP contribution >= 0.6 is 23.4 Å². The van der Waals surface area contributed by atoms with Crippen LogP contribution in [-0.2, 0) is 20.8 Å². The van der Waals surface area contributed by atoms with Crippen LogP contribution in [0.2, 0.25) is 0 Å². The number of hydrogen-bond acceptors (Lipinski definition) is 6. The summed E-state index contributed by atoms with van der Waals surface area (Å²) in [4.78, 5) is 32.9. The fourth-order valence-electron chi connectivity index (χ4n) is 9.52. The van der Waals surface area contributed by atoms with Crippen molar-refractivity contribution >= 4 is 34.3 Å². The summed E-state index contributed by atoms with van der Waals surface area (Å²) in [6.45, 7) is 6.60. The van der Waals surface area contributed by atoms with Crippen molar-refractivity contribution in [2.45, 2.75) is 76.4 Å². The van der Waals surface area contributed by atoms with Gasteiger partial charge in [0.15, 0.2) is 17.1 Å². The van der Waals surface area contributed by atoms with E-state index in [4.69, 9.17) is 16.4 Å². The van der Waals surface area contributed by atoms with Crippen LogP contribution in [0, 0.1) is 28.1 Å². The number of carbonyl (C=O) groups excluding carboxylic acids is 2. The first-order valence-electron chi connectivity index (χ1n) is 14.5. The van der Waals surface area contributed by atoms with Gasteiger partial charge in [0.25, 0.3) is 0 Å². The molecule has 0 bridgehead atoms. The van der Waals surface area contributed by atoms with Crippen LogP contribution < -0.4 is 0 Å². The Morgan fingerprint density at radius 1 is 1.22 bits per heavy atom. The zero-order valence-corrected chi connectivity index (χ0v) is 25.3. The van der Waals surface area contributed by atoms with Gasteiger partial charge in [-0.3, -0.25) is 14.4 Å². The SMILES string of the molecule is C[C@]12C[C@H](O)[C@@]3(F)[C@@H](C[C@H](F)C4=CC(=O)C=C[C@@]43C)[C@]1(C)C[C@H]1CN(CCCc3ccccc3)O[C@]12C(=O)SCCl. The van der Waals surface area contributed by atoms with Crippen LogP contribution in [0.5, 0.6) is 0 Å². The molecule has 1 aliphatic heterocycles. The van der Waals surface area contributed by atoms with Crippen molar-refractivity contribution in [2.75, 3.05) is 18.3 Å². The summed E-state index contributed by atoms with van der Waals surface area (Å²) in [5, 5.41) is 13.5. The summed E-state index contributed by atoms with van der Waals surface area (Å²) < 4.78 is 33.7. The Kier molecular flexibility index (Phi) is 7.18. The number of ketones is 1. The first-order chi connectivity index (χ1) is 19.4. The number of hydrogen-bond donors (Lipinski definition) is 1. The third-order valence-corrected chi connectivity index (χ3v) is 12.6. The second-order valence-electron chi connectivity index (χ2n) is 13.3. The van der Waals surface area contributed by atoms with E-state index in [2.05, 4.69) is 12.1 Å². The van der Waals surface area contributed by atoms with E-state index in [0.29, 0.717) is 19.5 Å². The number of alkyl halides is 3. The molecule has 3 saturated carbocycles. The predicted molar refractivity (Wildman–Crippen MR) is 156 cm³/mol. The minimum atomic E-state index is -2.22. The van der Waals surface area contributed by atoms with Gasteiger partial charge in [0.1, 0.15) is 6.17 Å². The highest BCUT2D eigenvalue weighted by Crippen LogP contribution is 2.78. The fraction of sp³-hybridized carbons (Fsp3) is 0.625. The molecule has 5 nitrogen and oxygen atoms in total. The second-order valence-corrected chi connectivity index (χ2v) is 14.8. The number of halogens is 3. The number of fused-ring (bicyclic) bond motifs is 7. The van der Waals surface area contributed by atoms with Crippen LogP contribution in [0.25, 0.3) is 0 Å². The first kappa shape index (κ1) is 29.5. The number of aliphatic hydroxyl groups excluding tert-OH is 1. The third kappa shape index (κ3) is 3.83. The summed E-state index contributed by atoms with van der Waals surface area (Å²) in [5.74, 6) is -1.54. The van der Waals surface area contributed by atoms with E-state index >= 15 is 8.78 Å². The summed E-state index contributed by atoms with van der Waals surface area (Å²) in [5.41, 5.74) is -5.54. The number of aliphatic hydroxyl groups is 1. The van der Waals surface area contributed by atoms with Crippen LogP contribution in [0.1, 0.15) is 52.0 Å². The van der Waals surface area contributed by atoms with Crippen LogP contribution in [0.3, 0.4) is 0 Å². The number of nitrogens with zero attached hydrogens (tertiary/aromatic N) is 1. The maximum Gasteiger partial charge on any atom is 0.225 e. The Hall–Kier alpha value is -1.58. The normalized spacial score (nSPS) is 45.0. The molecule has 5 aliphatic rings. The molecule has 1 aromatic carbocycles. The Bertz CT molecular complexity index is 1310. The molecule has 0 amide bonds. The number of rotatable bonds is 6. The molecule has 0 aromatic heterocycles. The second kappa shape index (κ2) is 9.98. The van der Waals surface area contributed by atoms with Crippen LogP contribution in [0.15, 0.2) is 54.1 Å². The zero-order valence-electron chi connectivity index (χ0n) is 23.7. The van der Waals surface area contributed by atoms with Gasteiger partial charge in [0, 0.05) is 35.8 Å². The molecule has 6 rings (SSSR count). The molecule has 1 heterocycles. The van der Waals surface area contributed by atoms with Crippen molar-refractivity contribution in [1.29, 1.82) is 0 Å². The van der Waals surface area contributed by atoms with Crippen molar-refractivity contribution in [2.24, 2.45) is 28.1 Å². The maximum atomic E-state index is 17.8. The third-order valence-electron chi connectivity index (χ3n) is 11.6. The molecule has 222 valence electrons. The molecule has 0 radical (unpaired) electrons. The van der Waals surface area contributed by atoms with E-state index in [1.807, 2.05) is 37.1 Å². The van der Waals surface area contributed by atoms with E-state index in [-0.39, 0.29) is 40.4 Å². The lowest BCUT2D eigenvalue weighted by molar-refractivity contribution is -0.284. The highest BCUT2D eigenvalue weighted by Gasteiger charge is 2.83. The minimum Gasteiger partial charge on any atom is -0.390 e. The molecular formula is C32H38ClF2NO4S. The number of carbonyl (C=O) groups is 2. The molecule has 1 N–H and O–H groups in total. The van der Waals surface area contributed by atoms with Crippen molar-refractivity contribution in [1.82, 2.24) is 5.06 Å². The van der Waals surface area contributed by atoms with Crippen molar-refractivity contribution in [3.8, 4) is 0 Å². The van der Waals surface area contributed by atoms with E-state index in [0.717, 1.165) is 24.6 Å². The van der Waals surface area contributed by atoms with E-state index in [1.165, 1.54) is 23.8 Å². The lowest BCUT2D eigenvalue weighted by Gasteiger charge is -2.67. The largest absolute Gasteiger partial charge is 0.390 e. The molecule has 9 heteroatoms. The summed E-state index contributed by atoms with van der Waals surface area (Å²) in [6.07, 6.45) is 2.87. The number of aryl methyl sites for hydroxylation is 1. The molecule has 9 atom stereocenters. The Morgan fingerprint density at radius 2 is 1.95 bits per heavy atom. The zero-order chi connectivity index (χ0) is 29.4. The van der Waals surface area contributed by atoms with Gasteiger partial charge in [-0.25, -0.2) is 8.78 Å². The van der Waals surface area contributed by atoms with Gasteiger partial charge in [-0.15, -0.1) is 11.6 Å². The van der Waals surface area contributed by atoms with Crippen molar-refractivity contribution in [3.05, 3.63) is 59.7 Å². The molecule has 1 aromatic rings. The van der Waals surface area contributed by atoms with Crippen molar-refractivity contribution < 1.29 is 28.3 Å². The molecule has 4 fully saturated rings. The summed E-state index contributed by atoms with van der Waals surface area (Å²) in [7, 11) is 0. The monoisotopic (exact) mass is 605 g/mol. The molecule has 0 unspecified atom stereocenters. The van der Waals surface area contributed by atoms with Crippen molar-refractivity contribution in [3.63, 3.8) is 0 Å². The standard InChI is InChI=1S/C32H38ClF2NO4S/c1-28-12-11-22(37)14-23(28)24(34)15-25-29(2)16-21-18-36(13-7-10-20-8-5-4-6-9-20)40-32(21,27(39)41-19-33)30(29,3)17-26(38)31(25,28)35/h4-6,8-9,11-12,14,21,24-26,38H,7,10,13,15-19H2,1-3H3/t21-,24-,25-,26-,28-,29-,30-,31-,32-/m0/s1. The summed E-state index contributed by atoms with van der Waals surface area (Å²) >= 11 is 7.05. The highest BCUT2D eigenvalue weighted by molar-refractivity contribution is 8.14. The average Bonchev–Trinajstić information content (AvgIpc) is 3.38. The number of hydroxylamine groups is 2. The smallest absolute Gasteiger partial charge is 0.225 e. The quantitative estimate of drug-likeness (QED) is 0.402. The van der Waals surface area contributed by atoms with Crippen LogP contribution in [0.4, 0.5) is 8.78 Å². The molecule has 1 saturated heterocycles. The Balaban J connectivity index is 1.36. The molecule has 4 aliphatic carbocycles. The maximum absolute atomic E-state index is 17.8. The fourth-order valence-corrected chi connectivity index (χ4v) is 10.6. The Labute approximate surface area is 249 Å². The van der Waals surface area contributed by atoms with Gasteiger partial charge in [0.05, 0.1) is 11.3 Å². The van der Waals surface area contributed by atoms with Gasteiger partial charge in [0.2, 0.25) is 5.12 Å². The van der Waals surface area contributed by atoms with E-state index < -0.39 is 45.7 Å². The molecule has 41 heavy (non-hydrogen) atoms. The lowest BCUT2D eigenvalue weighted by atomic mass is 9.40. The van der Waals surface area contributed by atoms with Gasteiger partial charge in [-0.1, -0.05) is 62.0 Å². The Morgan fingerprint density at radius 3 is 2.66 bits per heavy atom. The minimum absolute atomic E-state index is 0.0267. The number of benzene rings is 1. The van der Waals surface area contributed by atoms with Gasteiger partial charge in [-0.05, 0) is 67.7 Å². The van der Waals surface area contributed by atoms with Gasteiger partial charge in [-0.2, -0.15) is 5.06 Å². The predicted octanol–water partition coefficient (Wildman–Crippen LogP) is 6.00. The number of allylic oxidation sites excluding steroid dienone is 4. The lowest BCUT2D eigenvalue weighted by Crippen LogP contribution is -2.73. The van der Waals surface area contributed by atoms with E-state index in [1.54, 1.807) is 6.92 Å². The topological polar surface area (TPSA) is 66.8 Å². The van der Waals surface area contributed by atoms with Gasteiger partial charge >= 0.3 is 0 Å². The summed E-state index contributed by atoms with van der Waals surface area (Å²) in [6, 6.07) is 10.2. The van der Waals surface area contributed by atoms with E-state index in [9.17, 15) is 14.7 Å². The van der Waals surface area contributed by atoms with Crippen LogP contribution in [-0.4, -0.2) is 62.9 Å². The van der Waals surface area contributed by atoms with Gasteiger partial charge < -0.3 is 5.11 Å². The number of thioether (sulfide) groups is 1. The molecule has 0 spiro atoms. The molecular weight excluding hydrogens is 568 g/mol. The average molecular weight is 606 g/mol. The highest BCUT2D eigenvalue weighted by atomic mass is 35.5. The first-order valence-corrected chi connectivity index (χ1v) is 16.1.